The maximum Gasteiger partial charge on any atom is 0.408 e. The Hall–Kier alpha value is -1.26. The maximum atomic E-state index is 11.9. The van der Waals surface area contributed by atoms with Gasteiger partial charge < -0.3 is 15.2 Å². The number of nitrogens with one attached hydrogen (secondary N) is 1. The largest absolute Gasteiger partial charge is 0.481 e. The van der Waals surface area contributed by atoms with Crippen LogP contribution in [0, 0.1) is 5.92 Å². The second-order valence-corrected chi connectivity index (χ2v) is 6.49. The van der Waals surface area contributed by atoms with Crippen molar-refractivity contribution in [1.82, 2.24) is 5.32 Å². The van der Waals surface area contributed by atoms with Crippen LogP contribution < -0.4 is 5.32 Å². The van der Waals surface area contributed by atoms with Gasteiger partial charge in [-0.3, -0.25) is 4.79 Å². The van der Waals surface area contributed by atoms with Crippen LogP contribution in [0.1, 0.15) is 59.8 Å². The summed E-state index contributed by atoms with van der Waals surface area (Å²) in [6.07, 6.45) is 2.83. The molecule has 0 aromatic heterocycles. The lowest BCUT2D eigenvalue weighted by atomic mass is 9.91. The number of amides is 1. The molecule has 0 aromatic carbocycles. The van der Waals surface area contributed by atoms with E-state index in [1.165, 1.54) is 0 Å². The molecule has 0 saturated heterocycles. The minimum Gasteiger partial charge on any atom is -0.481 e. The monoisotopic (exact) mass is 271 g/mol. The van der Waals surface area contributed by atoms with Gasteiger partial charge in [0.1, 0.15) is 5.60 Å². The van der Waals surface area contributed by atoms with E-state index in [2.05, 4.69) is 12.2 Å². The first-order chi connectivity index (χ1) is 8.66. The predicted molar refractivity (Wildman–Crippen MR) is 72.0 cm³/mol. The van der Waals surface area contributed by atoms with Gasteiger partial charge in [-0.1, -0.05) is 13.3 Å². The maximum absolute atomic E-state index is 11.9. The number of carboxylic acid groups (broad SMARTS) is 1. The summed E-state index contributed by atoms with van der Waals surface area (Å²) in [6.45, 7) is 7.47. The number of hydrogen-bond donors (Lipinski definition) is 2. The molecular weight excluding hydrogens is 246 g/mol. The molecule has 0 radical (unpaired) electrons. The van der Waals surface area contributed by atoms with Crippen LogP contribution in [0.5, 0.6) is 0 Å². The quantitative estimate of drug-likeness (QED) is 0.824. The molecule has 110 valence electrons. The summed E-state index contributed by atoms with van der Waals surface area (Å²) in [6, 6.07) is 0. The molecule has 1 aliphatic rings. The molecule has 5 heteroatoms. The third kappa shape index (κ3) is 5.09. The summed E-state index contributed by atoms with van der Waals surface area (Å²) < 4.78 is 5.23. The molecular formula is C14H25NO4. The molecule has 1 saturated carbocycles. The van der Waals surface area contributed by atoms with Gasteiger partial charge in [-0.15, -0.1) is 0 Å². The molecule has 2 atom stereocenters. The van der Waals surface area contributed by atoms with E-state index in [9.17, 15) is 9.59 Å². The zero-order valence-corrected chi connectivity index (χ0v) is 12.3. The highest BCUT2D eigenvalue weighted by Gasteiger charge is 2.42. The summed E-state index contributed by atoms with van der Waals surface area (Å²) in [5.74, 6) is -0.401. The van der Waals surface area contributed by atoms with Crippen LogP contribution in [0.3, 0.4) is 0 Å². The van der Waals surface area contributed by atoms with Crippen LogP contribution in [-0.2, 0) is 9.53 Å². The Balaban J connectivity index is 2.71. The van der Waals surface area contributed by atoms with Crippen LogP contribution in [-0.4, -0.2) is 28.3 Å². The van der Waals surface area contributed by atoms with Gasteiger partial charge in [0.05, 0.1) is 12.0 Å². The normalized spacial score (nSPS) is 27.1. The average molecular weight is 271 g/mol. The van der Waals surface area contributed by atoms with Crippen LogP contribution in [0.25, 0.3) is 0 Å². The van der Waals surface area contributed by atoms with Gasteiger partial charge in [-0.05, 0) is 46.0 Å². The highest BCUT2D eigenvalue weighted by atomic mass is 16.6. The number of hydrogen-bond acceptors (Lipinski definition) is 3. The average Bonchev–Trinajstić information content (AvgIpc) is 2.56. The van der Waals surface area contributed by atoms with Gasteiger partial charge in [-0.2, -0.15) is 0 Å². The van der Waals surface area contributed by atoms with Crippen molar-refractivity contribution < 1.29 is 19.4 Å². The van der Waals surface area contributed by atoms with Gasteiger partial charge in [0.2, 0.25) is 0 Å². The van der Waals surface area contributed by atoms with Crippen LogP contribution in [0.15, 0.2) is 0 Å². The molecule has 2 N–H and O–H groups in total. The highest BCUT2D eigenvalue weighted by Crippen LogP contribution is 2.38. The van der Waals surface area contributed by atoms with Crippen molar-refractivity contribution in [1.29, 1.82) is 0 Å². The Bertz CT molecular complexity index is 348. The van der Waals surface area contributed by atoms with Crippen molar-refractivity contribution in [2.75, 3.05) is 0 Å². The van der Waals surface area contributed by atoms with E-state index in [1.807, 2.05) is 0 Å². The Morgan fingerprint density at radius 1 is 1.42 bits per heavy atom. The molecule has 1 rings (SSSR count). The summed E-state index contributed by atoms with van der Waals surface area (Å²) >= 11 is 0. The number of carbonyl (C=O) groups is 2. The Morgan fingerprint density at radius 2 is 2.05 bits per heavy atom. The fraction of sp³-hybridized carbons (Fsp3) is 0.857. The van der Waals surface area contributed by atoms with E-state index < -0.39 is 23.2 Å². The van der Waals surface area contributed by atoms with Crippen molar-refractivity contribution in [2.24, 2.45) is 5.92 Å². The number of ether oxygens (including phenoxy) is 1. The molecule has 1 amide bonds. The smallest absolute Gasteiger partial charge is 0.408 e. The number of carboxylic acids is 1. The van der Waals surface area contributed by atoms with Gasteiger partial charge in [0, 0.05) is 0 Å². The molecule has 1 aliphatic carbocycles. The first kappa shape index (κ1) is 15.8. The van der Waals surface area contributed by atoms with Crippen molar-refractivity contribution in [2.45, 2.75) is 70.9 Å². The molecule has 0 heterocycles. The zero-order chi connectivity index (χ0) is 14.7. The summed E-state index contributed by atoms with van der Waals surface area (Å²) in [7, 11) is 0. The molecule has 19 heavy (non-hydrogen) atoms. The van der Waals surface area contributed by atoms with Crippen LogP contribution in [0.2, 0.25) is 0 Å². The minimum absolute atomic E-state index is 0.0389. The highest BCUT2D eigenvalue weighted by molar-refractivity contribution is 5.73. The predicted octanol–water partition coefficient (Wildman–Crippen LogP) is 2.93. The van der Waals surface area contributed by atoms with Gasteiger partial charge in [-0.25, -0.2) is 4.79 Å². The van der Waals surface area contributed by atoms with E-state index in [0.717, 1.165) is 19.3 Å². The molecule has 0 aromatic rings. The van der Waals surface area contributed by atoms with Gasteiger partial charge >= 0.3 is 12.1 Å². The Labute approximate surface area is 114 Å². The third-order valence-electron chi connectivity index (χ3n) is 3.54. The van der Waals surface area contributed by atoms with Crippen LogP contribution >= 0.6 is 0 Å². The molecule has 0 bridgehead atoms. The fourth-order valence-corrected chi connectivity index (χ4v) is 2.71. The van der Waals surface area contributed by atoms with E-state index >= 15 is 0 Å². The Morgan fingerprint density at radius 3 is 2.47 bits per heavy atom. The lowest BCUT2D eigenvalue weighted by Crippen LogP contribution is -2.49. The molecule has 0 spiro atoms. The number of alkyl carbamates (subject to hydrolysis) is 1. The van der Waals surface area contributed by atoms with Crippen molar-refractivity contribution in [3.63, 3.8) is 0 Å². The number of aliphatic carboxylic acids is 1. The molecule has 1 fully saturated rings. The van der Waals surface area contributed by atoms with Crippen molar-refractivity contribution >= 4 is 12.1 Å². The molecule has 2 unspecified atom stereocenters. The SMILES string of the molecule is CCC1CCC(CC(=O)O)(NC(=O)OC(C)(C)C)C1. The summed E-state index contributed by atoms with van der Waals surface area (Å²) in [5, 5.41) is 11.9. The lowest BCUT2D eigenvalue weighted by molar-refractivity contribution is -0.138. The van der Waals surface area contributed by atoms with Gasteiger partial charge in [0.15, 0.2) is 0 Å². The van der Waals surface area contributed by atoms with E-state index in [4.69, 9.17) is 9.84 Å². The first-order valence-electron chi connectivity index (χ1n) is 6.89. The standard InChI is InChI=1S/C14H25NO4/c1-5-10-6-7-14(8-10,9-11(16)17)15-12(18)19-13(2,3)4/h10H,5-9H2,1-4H3,(H,15,18)(H,16,17). The fourth-order valence-electron chi connectivity index (χ4n) is 2.71. The topological polar surface area (TPSA) is 75.6 Å². The van der Waals surface area contributed by atoms with E-state index in [0.29, 0.717) is 12.3 Å². The second kappa shape index (κ2) is 5.80. The lowest BCUT2D eigenvalue weighted by Gasteiger charge is -2.30. The van der Waals surface area contributed by atoms with Crippen LogP contribution in [0.4, 0.5) is 4.79 Å². The second-order valence-electron chi connectivity index (χ2n) is 6.49. The number of carbonyl (C=O) groups excluding carboxylic acids is 1. The Kier molecular flexibility index (Phi) is 4.82. The molecule has 0 aliphatic heterocycles. The summed E-state index contributed by atoms with van der Waals surface area (Å²) in [4.78, 5) is 22.9. The molecule has 5 nitrogen and oxygen atoms in total. The van der Waals surface area contributed by atoms with Gasteiger partial charge in [0.25, 0.3) is 0 Å². The minimum atomic E-state index is -0.882. The van der Waals surface area contributed by atoms with Crippen molar-refractivity contribution in [3.8, 4) is 0 Å². The zero-order valence-electron chi connectivity index (χ0n) is 12.3. The first-order valence-corrected chi connectivity index (χ1v) is 6.89. The van der Waals surface area contributed by atoms with E-state index in [-0.39, 0.29) is 6.42 Å². The summed E-state index contributed by atoms with van der Waals surface area (Å²) in [5.41, 5.74) is -1.22. The number of rotatable bonds is 4. The van der Waals surface area contributed by atoms with Crippen molar-refractivity contribution in [3.05, 3.63) is 0 Å². The van der Waals surface area contributed by atoms with E-state index in [1.54, 1.807) is 20.8 Å². The third-order valence-corrected chi connectivity index (χ3v) is 3.54.